The summed E-state index contributed by atoms with van der Waals surface area (Å²) in [5.74, 6) is 0. The fourth-order valence-corrected chi connectivity index (χ4v) is 0.132. The minimum Gasteiger partial charge on any atom is -0.391 e. The van der Waals surface area contributed by atoms with Crippen LogP contribution in [0.3, 0.4) is 0 Å². The molecule has 1 unspecified atom stereocenters. The van der Waals surface area contributed by atoms with Crippen LogP contribution in [0.1, 0.15) is 6.92 Å². The quantitative estimate of drug-likeness (QED) is 0.493. The molecule has 0 aliphatic carbocycles. The number of rotatable bonds is 2. The lowest BCUT2D eigenvalue weighted by molar-refractivity contribution is 0.250. The SMILES string of the molecule is CC(O)C(=S)CO. The van der Waals surface area contributed by atoms with E-state index < -0.39 is 6.10 Å². The van der Waals surface area contributed by atoms with Gasteiger partial charge in [0.05, 0.1) is 12.7 Å². The highest BCUT2D eigenvalue weighted by atomic mass is 32.1. The molecule has 0 aromatic heterocycles. The molecule has 42 valence electrons. The zero-order chi connectivity index (χ0) is 5.86. The summed E-state index contributed by atoms with van der Waals surface area (Å²) in [7, 11) is 0. The van der Waals surface area contributed by atoms with Crippen LogP contribution in [0.25, 0.3) is 0 Å². The van der Waals surface area contributed by atoms with Gasteiger partial charge in [-0.05, 0) is 6.92 Å². The summed E-state index contributed by atoms with van der Waals surface area (Å²) in [6, 6.07) is 0. The van der Waals surface area contributed by atoms with Crippen LogP contribution in [-0.2, 0) is 0 Å². The van der Waals surface area contributed by atoms with Crippen molar-refractivity contribution in [2.45, 2.75) is 13.0 Å². The van der Waals surface area contributed by atoms with Crippen LogP contribution >= 0.6 is 12.2 Å². The fraction of sp³-hybridized carbons (Fsp3) is 0.750. The Balaban J connectivity index is 3.35. The molecule has 0 radical (unpaired) electrons. The van der Waals surface area contributed by atoms with Crippen LogP contribution < -0.4 is 0 Å². The van der Waals surface area contributed by atoms with Crippen LogP contribution in [0.2, 0.25) is 0 Å². The van der Waals surface area contributed by atoms with Gasteiger partial charge in [0.15, 0.2) is 0 Å². The van der Waals surface area contributed by atoms with E-state index in [1.54, 1.807) is 0 Å². The van der Waals surface area contributed by atoms with Gasteiger partial charge in [-0.25, -0.2) is 0 Å². The van der Waals surface area contributed by atoms with Crippen molar-refractivity contribution in [3.63, 3.8) is 0 Å². The van der Waals surface area contributed by atoms with Gasteiger partial charge in [0.1, 0.15) is 0 Å². The van der Waals surface area contributed by atoms with E-state index >= 15 is 0 Å². The molecule has 0 bridgehead atoms. The third-order valence-corrected chi connectivity index (χ3v) is 1.09. The molecule has 0 saturated heterocycles. The highest BCUT2D eigenvalue weighted by Crippen LogP contribution is 1.83. The van der Waals surface area contributed by atoms with Gasteiger partial charge in [-0.15, -0.1) is 0 Å². The van der Waals surface area contributed by atoms with Crippen molar-refractivity contribution in [3.05, 3.63) is 0 Å². The Morgan fingerprint density at radius 2 is 2.29 bits per heavy atom. The Morgan fingerprint density at radius 1 is 1.86 bits per heavy atom. The zero-order valence-electron chi connectivity index (χ0n) is 4.09. The molecule has 0 aliphatic heterocycles. The molecule has 0 amide bonds. The van der Waals surface area contributed by atoms with Gasteiger partial charge in [-0.2, -0.15) is 0 Å². The largest absolute Gasteiger partial charge is 0.391 e. The molecule has 0 fully saturated rings. The van der Waals surface area contributed by atoms with Crippen molar-refractivity contribution in [1.82, 2.24) is 0 Å². The van der Waals surface area contributed by atoms with E-state index in [4.69, 9.17) is 10.2 Å². The fourth-order valence-electron chi connectivity index (χ4n) is 0.132. The minimum absolute atomic E-state index is 0.201. The Bertz CT molecular complexity index is 70.1. The summed E-state index contributed by atoms with van der Waals surface area (Å²) in [5, 5.41) is 16.7. The minimum atomic E-state index is -0.653. The van der Waals surface area contributed by atoms with Gasteiger partial charge < -0.3 is 10.2 Å². The third-order valence-electron chi connectivity index (χ3n) is 0.622. The Morgan fingerprint density at radius 3 is 2.29 bits per heavy atom. The second kappa shape index (κ2) is 3.07. The van der Waals surface area contributed by atoms with E-state index in [2.05, 4.69) is 12.2 Å². The normalized spacial score (nSPS) is 13.6. The maximum atomic E-state index is 8.52. The molecule has 0 aliphatic rings. The first kappa shape index (κ1) is 7.01. The van der Waals surface area contributed by atoms with Crippen LogP contribution in [0.15, 0.2) is 0 Å². The Labute approximate surface area is 47.8 Å². The second-order valence-corrected chi connectivity index (χ2v) is 1.82. The molecule has 1 atom stereocenters. The first-order valence-electron chi connectivity index (χ1n) is 2.00. The summed E-state index contributed by atoms with van der Waals surface area (Å²) in [5.41, 5.74) is 0. The summed E-state index contributed by atoms with van der Waals surface area (Å²) in [6.45, 7) is 1.32. The van der Waals surface area contributed by atoms with Gasteiger partial charge >= 0.3 is 0 Å². The van der Waals surface area contributed by atoms with Crippen molar-refractivity contribution < 1.29 is 10.2 Å². The number of aliphatic hydroxyl groups excluding tert-OH is 2. The predicted octanol–water partition coefficient (Wildman–Crippen LogP) is -0.271. The molecule has 2 N–H and O–H groups in total. The number of thiocarbonyl (C=S) groups is 1. The lowest BCUT2D eigenvalue weighted by atomic mass is 10.3. The molecule has 0 heterocycles. The molecule has 0 aromatic carbocycles. The molecular formula is C4H8O2S. The standard InChI is InChI=1S/C4H8O2S/c1-3(6)4(7)2-5/h3,5-6H,2H2,1H3. The van der Waals surface area contributed by atoms with Crippen molar-refractivity contribution in [1.29, 1.82) is 0 Å². The van der Waals surface area contributed by atoms with Gasteiger partial charge in [0, 0.05) is 4.86 Å². The van der Waals surface area contributed by atoms with E-state index in [1.165, 1.54) is 6.92 Å². The van der Waals surface area contributed by atoms with Crippen LogP contribution in [0.4, 0.5) is 0 Å². The lowest BCUT2D eigenvalue weighted by Crippen LogP contribution is -2.16. The van der Waals surface area contributed by atoms with Crippen LogP contribution in [0, 0.1) is 0 Å². The van der Waals surface area contributed by atoms with Gasteiger partial charge in [-0.3, -0.25) is 0 Å². The molecule has 7 heavy (non-hydrogen) atoms. The molecule has 0 saturated carbocycles. The summed E-state index contributed by atoms with van der Waals surface area (Å²) >= 11 is 4.48. The summed E-state index contributed by atoms with van der Waals surface area (Å²) in [6.07, 6.45) is -0.653. The molecular weight excluding hydrogens is 112 g/mol. The first-order valence-corrected chi connectivity index (χ1v) is 2.41. The van der Waals surface area contributed by atoms with Gasteiger partial charge in [0.25, 0.3) is 0 Å². The zero-order valence-corrected chi connectivity index (χ0v) is 4.90. The summed E-state index contributed by atoms with van der Waals surface area (Å²) < 4.78 is 0. The topological polar surface area (TPSA) is 40.5 Å². The van der Waals surface area contributed by atoms with E-state index in [1.807, 2.05) is 0 Å². The van der Waals surface area contributed by atoms with Gasteiger partial charge in [-0.1, -0.05) is 12.2 Å². The van der Waals surface area contributed by atoms with E-state index in [-0.39, 0.29) is 6.61 Å². The molecule has 3 heteroatoms. The van der Waals surface area contributed by atoms with Gasteiger partial charge in [0.2, 0.25) is 0 Å². The average Bonchev–Trinajstić information content (AvgIpc) is 1.65. The lowest BCUT2D eigenvalue weighted by Gasteiger charge is -1.98. The molecule has 0 aromatic rings. The van der Waals surface area contributed by atoms with Crippen molar-refractivity contribution >= 4 is 17.1 Å². The third kappa shape index (κ3) is 2.68. The molecule has 0 rings (SSSR count). The van der Waals surface area contributed by atoms with Crippen LogP contribution in [-0.4, -0.2) is 27.8 Å². The number of hydrogen-bond donors (Lipinski definition) is 2. The number of hydrogen-bond acceptors (Lipinski definition) is 3. The Hall–Kier alpha value is 0.01000. The van der Waals surface area contributed by atoms with Crippen molar-refractivity contribution in [2.24, 2.45) is 0 Å². The van der Waals surface area contributed by atoms with Crippen LogP contribution in [0.5, 0.6) is 0 Å². The molecule has 2 nitrogen and oxygen atoms in total. The maximum Gasteiger partial charge on any atom is 0.0847 e. The Kier molecular flexibility index (Phi) is 3.07. The van der Waals surface area contributed by atoms with E-state index in [9.17, 15) is 0 Å². The van der Waals surface area contributed by atoms with Crippen molar-refractivity contribution in [3.8, 4) is 0 Å². The number of aliphatic hydroxyl groups is 2. The highest BCUT2D eigenvalue weighted by molar-refractivity contribution is 7.80. The predicted molar refractivity (Wildman–Crippen MR) is 31.4 cm³/mol. The second-order valence-electron chi connectivity index (χ2n) is 1.30. The summed E-state index contributed by atoms with van der Waals surface area (Å²) in [4.78, 5) is 0.292. The smallest absolute Gasteiger partial charge is 0.0847 e. The highest BCUT2D eigenvalue weighted by Gasteiger charge is 1.99. The van der Waals surface area contributed by atoms with E-state index in [0.717, 1.165) is 0 Å². The van der Waals surface area contributed by atoms with Crippen molar-refractivity contribution in [2.75, 3.05) is 6.61 Å². The first-order chi connectivity index (χ1) is 3.18. The monoisotopic (exact) mass is 120 g/mol. The van der Waals surface area contributed by atoms with E-state index in [0.29, 0.717) is 4.86 Å². The molecule has 0 spiro atoms. The maximum absolute atomic E-state index is 8.52. The average molecular weight is 120 g/mol.